The molecule has 8 nitrogen and oxygen atoms in total. The molecular weight excluding hydrogens is 435 g/mol. The summed E-state index contributed by atoms with van der Waals surface area (Å²) in [6.45, 7) is 7.11. The van der Waals surface area contributed by atoms with E-state index >= 15 is 0 Å². The quantitative estimate of drug-likeness (QED) is 0.567. The molecule has 0 aliphatic carbocycles. The summed E-state index contributed by atoms with van der Waals surface area (Å²) in [5.41, 5.74) is 3.44. The summed E-state index contributed by atoms with van der Waals surface area (Å²) in [4.78, 5) is 36.4. The molecule has 0 saturated carbocycles. The highest BCUT2D eigenvalue weighted by atomic mass is 19.1. The molecule has 0 spiro atoms. The van der Waals surface area contributed by atoms with Crippen LogP contribution in [0.4, 0.5) is 10.1 Å². The van der Waals surface area contributed by atoms with Crippen LogP contribution < -0.4 is 5.32 Å². The highest BCUT2D eigenvalue weighted by Gasteiger charge is 2.32. The Bertz CT molecular complexity index is 1190. The number of anilines is 1. The predicted octanol–water partition coefficient (Wildman–Crippen LogP) is 4.13. The largest absolute Gasteiger partial charge is 0.332 e. The zero-order chi connectivity index (χ0) is 24.2. The first-order chi connectivity index (χ1) is 16.3. The molecule has 1 aliphatic rings. The van der Waals surface area contributed by atoms with Crippen LogP contribution in [0.2, 0.25) is 0 Å². The van der Waals surface area contributed by atoms with Gasteiger partial charge in [0.15, 0.2) is 5.82 Å². The van der Waals surface area contributed by atoms with E-state index in [1.54, 1.807) is 6.92 Å². The van der Waals surface area contributed by atoms with E-state index in [9.17, 15) is 14.0 Å². The molecule has 1 N–H and O–H groups in total. The molecule has 178 valence electrons. The molecule has 1 aromatic carbocycles. The third-order valence-corrected chi connectivity index (χ3v) is 6.08. The van der Waals surface area contributed by atoms with Crippen LogP contribution in [-0.4, -0.2) is 43.0 Å². The molecule has 2 amide bonds. The number of nitrogens with one attached hydrogen (secondary N) is 1. The summed E-state index contributed by atoms with van der Waals surface area (Å²) >= 11 is 0. The lowest BCUT2D eigenvalue weighted by Crippen LogP contribution is -2.31. The minimum Gasteiger partial charge on any atom is -0.332 e. The van der Waals surface area contributed by atoms with Gasteiger partial charge < -0.3 is 10.2 Å². The average Bonchev–Trinajstić information content (AvgIpc) is 3.41. The Balaban J connectivity index is 1.39. The van der Waals surface area contributed by atoms with E-state index in [2.05, 4.69) is 20.4 Å². The molecule has 0 unspecified atom stereocenters. The van der Waals surface area contributed by atoms with Gasteiger partial charge in [-0.25, -0.2) is 14.4 Å². The van der Waals surface area contributed by atoms with E-state index in [1.165, 1.54) is 30.5 Å². The monoisotopic (exact) mass is 464 g/mol. The van der Waals surface area contributed by atoms with E-state index in [4.69, 9.17) is 0 Å². The maximum Gasteiger partial charge on any atom is 0.259 e. The van der Waals surface area contributed by atoms with E-state index in [0.29, 0.717) is 48.7 Å². The molecular formula is C25H29FN6O2. The summed E-state index contributed by atoms with van der Waals surface area (Å²) in [5, 5.41) is 7.18. The molecule has 0 radical (unpaired) electrons. The fourth-order valence-corrected chi connectivity index (χ4v) is 4.36. The number of carbonyl (C=O) groups excluding carboxylic acids is 2. The van der Waals surface area contributed by atoms with Crippen LogP contribution in [0.1, 0.15) is 65.0 Å². The van der Waals surface area contributed by atoms with Crippen LogP contribution >= 0.6 is 0 Å². The Kier molecular flexibility index (Phi) is 7.00. The lowest BCUT2D eigenvalue weighted by atomic mass is 10.1. The lowest BCUT2D eigenvalue weighted by Gasteiger charge is -2.24. The van der Waals surface area contributed by atoms with Crippen molar-refractivity contribution in [2.24, 2.45) is 0 Å². The number of hydrogen-bond acceptors (Lipinski definition) is 5. The number of carbonyl (C=O) groups is 2. The van der Waals surface area contributed by atoms with Gasteiger partial charge in [-0.05, 0) is 70.4 Å². The van der Waals surface area contributed by atoms with Crippen LogP contribution in [0.5, 0.6) is 0 Å². The molecule has 34 heavy (non-hydrogen) atoms. The molecule has 0 bridgehead atoms. The van der Waals surface area contributed by atoms with Gasteiger partial charge in [-0.2, -0.15) is 5.10 Å². The van der Waals surface area contributed by atoms with Crippen molar-refractivity contribution in [3.8, 4) is 0 Å². The topological polar surface area (TPSA) is 93.0 Å². The van der Waals surface area contributed by atoms with Crippen molar-refractivity contribution in [2.75, 3.05) is 11.9 Å². The van der Waals surface area contributed by atoms with Crippen molar-refractivity contribution >= 4 is 17.5 Å². The summed E-state index contributed by atoms with van der Waals surface area (Å²) in [6.07, 6.45) is 4.34. The van der Waals surface area contributed by atoms with Gasteiger partial charge >= 0.3 is 0 Å². The van der Waals surface area contributed by atoms with Gasteiger partial charge in [-0.1, -0.05) is 0 Å². The molecule has 1 saturated heterocycles. The van der Waals surface area contributed by atoms with Crippen LogP contribution in [0.25, 0.3) is 0 Å². The third kappa shape index (κ3) is 5.30. The van der Waals surface area contributed by atoms with Crippen molar-refractivity contribution < 1.29 is 14.0 Å². The molecule has 2 aromatic heterocycles. The smallest absolute Gasteiger partial charge is 0.259 e. The molecule has 4 rings (SSSR count). The number of hydrogen-bond donors (Lipinski definition) is 1. The average molecular weight is 465 g/mol. The Labute approximate surface area is 198 Å². The maximum atomic E-state index is 13.1. The summed E-state index contributed by atoms with van der Waals surface area (Å²) in [6, 6.07) is 7.40. The zero-order valence-electron chi connectivity index (χ0n) is 19.7. The highest BCUT2D eigenvalue weighted by Crippen LogP contribution is 2.31. The standard InChI is InChI=1S/C25H29FN6O2/c1-16-14-17(2)32(30-16)13-5-7-23(33)31-12-4-6-22(31)24-27-15-21(18(3)28-24)25(34)29-20-10-8-19(26)9-11-20/h8-11,14-15,22H,4-7,12-13H2,1-3H3,(H,29,34)/t22-/m0/s1. The number of nitrogens with zero attached hydrogens (tertiary/aromatic N) is 5. The first kappa shape index (κ1) is 23.5. The van der Waals surface area contributed by atoms with Crippen LogP contribution in [0, 0.1) is 26.6 Å². The Morgan fingerprint density at radius 2 is 1.94 bits per heavy atom. The van der Waals surface area contributed by atoms with E-state index < -0.39 is 0 Å². The van der Waals surface area contributed by atoms with Crippen molar-refractivity contribution in [1.29, 1.82) is 0 Å². The summed E-state index contributed by atoms with van der Waals surface area (Å²) in [7, 11) is 0. The first-order valence-electron chi connectivity index (χ1n) is 11.5. The van der Waals surface area contributed by atoms with Gasteiger partial charge in [0.25, 0.3) is 5.91 Å². The fourth-order valence-electron chi connectivity index (χ4n) is 4.36. The minimum absolute atomic E-state index is 0.0865. The van der Waals surface area contributed by atoms with Crippen LogP contribution in [0.3, 0.4) is 0 Å². The second kappa shape index (κ2) is 10.1. The van der Waals surface area contributed by atoms with Crippen LogP contribution in [-0.2, 0) is 11.3 Å². The molecule has 3 aromatic rings. The number of amides is 2. The maximum absolute atomic E-state index is 13.1. The van der Waals surface area contributed by atoms with E-state index in [-0.39, 0.29) is 23.7 Å². The number of rotatable bonds is 7. The van der Waals surface area contributed by atoms with Gasteiger partial charge in [-0.15, -0.1) is 0 Å². The van der Waals surface area contributed by atoms with Crippen molar-refractivity contribution in [1.82, 2.24) is 24.6 Å². The SMILES string of the molecule is Cc1cc(C)n(CCCC(=O)N2CCC[C@H]2c2ncc(C(=O)Nc3ccc(F)cc3)c(C)n2)n1. The summed E-state index contributed by atoms with van der Waals surface area (Å²) < 4.78 is 15.0. The van der Waals surface area contributed by atoms with Crippen molar-refractivity contribution in [3.63, 3.8) is 0 Å². The summed E-state index contributed by atoms with van der Waals surface area (Å²) in [5.74, 6) is -0.0908. The Hall–Kier alpha value is -3.62. The zero-order valence-corrected chi connectivity index (χ0v) is 19.7. The number of likely N-dealkylation sites (tertiary alicyclic amines) is 1. The first-order valence-corrected chi connectivity index (χ1v) is 11.5. The van der Waals surface area contributed by atoms with Gasteiger partial charge in [0, 0.05) is 37.1 Å². The van der Waals surface area contributed by atoms with Crippen LogP contribution in [0.15, 0.2) is 36.5 Å². The van der Waals surface area contributed by atoms with Gasteiger partial charge in [-0.3, -0.25) is 14.3 Å². The molecule has 1 fully saturated rings. The normalized spacial score (nSPS) is 15.5. The van der Waals surface area contributed by atoms with Crippen molar-refractivity contribution in [2.45, 2.75) is 59.0 Å². The van der Waals surface area contributed by atoms with Crippen molar-refractivity contribution in [3.05, 3.63) is 70.8 Å². The number of benzene rings is 1. The lowest BCUT2D eigenvalue weighted by molar-refractivity contribution is -0.132. The van der Waals surface area contributed by atoms with Gasteiger partial charge in [0.2, 0.25) is 5.91 Å². The number of halogens is 1. The third-order valence-electron chi connectivity index (χ3n) is 6.08. The van der Waals surface area contributed by atoms with E-state index in [1.807, 2.05) is 29.5 Å². The molecule has 3 heterocycles. The Morgan fingerprint density at radius 3 is 2.62 bits per heavy atom. The van der Waals surface area contributed by atoms with E-state index in [0.717, 1.165) is 24.2 Å². The van der Waals surface area contributed by atoms with Gasteiger partial charge in [0.1, 0.15) is 5.82 Å². The predicted molar refractivity (Wildman–Crippen MR) is 126 cm³/mol. The fraction of sp³-hybridized carbons (Fsp3) is 0.400. The molecule has 1 aliphatic heterocycles. The second-order valence-electron chi connectivity index (χ2n) is 8.69. The second-order valence-corrected chi connectivity index (χ2v) is 8.69. The minimum atomic E-state index is -0.371. The number of aryl methyl sites for hydroxylation is 4. The molecule has 9 heteroatoms. The molecule has 1 atom stereocenters. The van der Waals surface area contributed by atoms with Gasteiger partial charge in [0.05, 0.1) is 23.0 Å². The Morgan fingerprint density at radius 1 is 1.18 bits per heavy atom. The number of aromatic nitrogens is 4. The highest BCUT2D eigenvalue weighted by molar-refractivity contribution is 6.04.